The number of piperidine rings is 1. The molecule has 0 radical (unpaired) electrons. The van der Waals surface area contributed by atoms with E-state index in [1.165, 1.54) is 0 Å². The summed E-state index contributed by atoms with van der Waals surface area (Å²) in [4.78, 5) is 31.1. The van der Waals surface area contributed by atoms with E-state index in [1.807, 2.05) is 66.6 Å². The predicted octanol–water partition coefficient (Wildman–Crippen LogP) is 3.54. The number of nitrogens with zero attached hydrogens (tertiary/aromatic N) is 4. The first-order chi connectivity index (χ1) is 16.1. The van der Waals surface area contributed by atoms with Crippen molar-refractivity contribution < 1.29 is 4.79 Å². The maximum Gasteiger partial charge on any atom is 0.346 e. The van der Waals surface area contributed by atoms with Crippen molar-refractivity contribution in [3.8, 4) is 0 Å². The molecule has 1 amide bonds. The lowest BCUT2D eigenvalue weighted by Crippen LogP contribution is -2.39. The van der Waals surface area contributed by atoms with Gasteiger partial charge in [-0.2, -0.15) is 5.10 Å². The number of carbonyl (C=O) groups excluding carboxylic acids is 1. The Bertz CT molecular complexity index is 1310. The third-order valence-electron chi connectivity index (χ3n) is 6.67. The van der Waals surface area contributed by atoms with Gasteiger partial charge >= 0.3 is 5.69 Å². The van der Waals surface area contributed by atoms with Crippen molar-refractivity contribution in [2.75, 3.05) is 13.1 Å². The average Bonchev–Trinajstić information content (AvgIpc) is 3.40. The van der Waals surface area contributed by atoms with Crippen LogP contribution in [0.25, 0.3) is 10.9 Å². The number of hydrogen-bond donors (Lipinski definition) is 1. The smallest absolute Gasteiger partial charge is 0.346 e. The van der Waals surface area contributed by atoms with Gasteiger partial charge in [0.15, 0.2) is 0 Å². The van der Waals surface area contributed by atoms with Crippen LogP contribution < -0.4 is 5.69 Å². The number of benzene rings is 2. The minimum Gasteiger partial charge on any atom is -0.361 e. The van der Waals surface area contributed by atoms with Gasteiger partial charge in [-0.05, 0) is 37.0 Å². The molecule has 7 nitrogen and oxygen atoms in total. The van der Waals surface area contributed by atoms with Gasteiger partial charge in [-0.3, -0.25) is 9.36 Å². The van der Waals surface area contributed by atoms with E-state index >= 15 is 0 Å². The second-order valence-corrected chi connectivity index (χ2v) is 8.72. The quantitative estimate of drug-likeness (QED) is 0.495. The molecule has 0 saturated carbocycles. The summed E-state index contributed by atoms with van der Waals surface area (Å²) in [5.41, 5.74) is 3.10. The highest BCUT2D eigenvalue weighted by molar-refractivity contribution is 5.88. The van der Waals surface area contributed by atoms with E-state index < -0.39 is 0 Å². The number of fused-ring (bicyclic) bond motifs is 1. The van der Waals surface area contributed by atoms with Gasteiger partial charge in [0.25, 0.3) is 0 Å². The summed E-state index contributed by atoms with van der Waals surface area (Å²) in [7, 11) is 0. The minimum atomic E-state index is -0.0609. The molecule has 0 aliphatic carbocycles. The summed E-state index contributed by atoms with van der Waals surface area (Å²) in [6.45, 7) is 4.44. The van der Waals surface area contributed by atoms with E-state index in [0.717, 1.165) is 40.7 Å². The molecule has 1 N–H and O–H groups in total. The Kier molecular flexibility index (Phi) is 5.86. The fourth-order valence-electron chi connectivity index (χ4n) is 4.86. The molecule has 5 rings (SSSR count). The summed E-state index contributed by atoms with van der Waals surface area (Å²) < 4.78 is 3.36. The molecule has 1 fully saturated rings. The fraction of sp³-hybridized carbons (Fsp3) is 0.346. The molecular weight excluding hydrogens is 414 g/mol. The molecule has 7 heteroatoms. The van der Waals surface area contributed by atoms with Crippen molar-refractivity contribution in [1.82, 2.24) is 24.2 Å². The van der Waals surface area contributed by atoms with Gasteiger partial charge in [0.2, 0.25) is 5.91 Å². The van der Waals surface area contributed by atoms with Crippen LogP contribution in [0.1, 0.15) is 42.6 Å². The highest BCUT2D eigenvalue weighted by Crippen LogP contribution is 2.27. The zero-order valence-electron chi connectivity index (χ0n) is 18.9. The number of likely N-dealkylation sites (tertiary alicyclic amines) is 1. The third kappa shape index (κ3) is 4.23. The van der Waals surface area contributed by atoms with Gasteiger partial charge in [0.1, 0.15) is 5.82 Å². The minimum absolute atomic E-state index is 0.0609. The Morgan fingerprint density at radius 3 is 2.55 bits per heavy atom. The highest BCUT2D eigenvalue weighted by Gasteiger charge is 2.28. The third-order valence-corrected chi connectivity index (χ3v) is 6.67. The molecule has 3 heterocycles. The van der Waals surface area contributed by atoms with Gasteiger partial charge in [-0.1, -0.05) is 48.5 Å². The maximum absolute atomic E-state index is 13.0. The normalized spacial score (nSPS) is 14.8. The zero-order valence-corrected chi connectivity index (χ0v) is 18.9. The van der Waals surface area contributed by atoms with Crippen molar-refractivity contribution >= 4 is 16.8 Å². The molecule has 0 spiro atoms. The standard InChI is InChI=1S/C26H29N5O2/c1-2-30-25(28-31(26(30)33)18-19-8-4-3-5-9-19)20-12-14-29(15-13-20)24(32)16-21-17-27-23-11-7-6-10-22(21)23/h3-11,17,20,27H,2,12-16,18H2,1H3. The van der Waals surface area contributed by atoms with Gasteiger partial charge in [-0.15, -0.1) is 0 Å². The highest BCUT2D eigenvalue weighted by atomic mass is 16.2. The number of carbonyl (C=O) groups is 1. The zero-order chi connectivity index (χ0) is 22.8. The van der Waals surface area contributed by atoms with E-state index in [4.69, 9.17) is 5.10 Å². The van der Waals surface area contributed by atoms with Crippen LogP contribution in [0.5, 0.6) is 0 Å². The molecular formula is C26H29N5O2. The first-order valence-corrected chi connectivity index (χ1v) is 11.7. The van der Waals surface area contributed by atoms with Crippen LogP contribution in [0.15, 0.2) is 65.6 Å². The van der Waals surface area contributed by atoms with Crippen molar-refractivity contribution in [1.29, 1.82) is 0 Å². The van der Waals surface area contributed by atoms with Gasteiger partial charge in [-0.25, -0.2) is 9.48 Å². The van der Waals surface area contributed by atoms with Crippen LogP contribution in [-0.4, -0.2) is 43.2 Å². The topological polar surface area (TPSA) is 75.9 Å². The maximum atomic E-state index is 13.0. The molecule has 170 valence electrons. The largest absolute Gasteiger partial charge is 0.361 e. The Balaban J connectivity index is 1.26. The van der Waals surface area contributed by atoms with Crippen LogP contribution in [0.3, 0.4) is 0 Å². The van der Waals surface area contributed by atoms with Gasteiger partial charge in [0.05, 0.1) is 13.0 Å². The Morgan fingerprint density at radius 2 is 1.79 bits per heavy atom. The number of H-pyrrole nitrogens is 1. The molecule has 33 heavy (non-hydrogen) atoms. The number of aromatic nitrogens is 4. The number of hydrogen-bond acceptors (Lipinski definition) is 3. The van der Waals surface area contributed by atoms with E-state index in [1.54, 1.807) is 9.25 Å². The Hall–Kier alpha value is -3.61. The van der Waals surface area contributed by atoms with E-state index in [9.17, 15) is 9.59 Å². The molecule has 0 unspecified atom stereocenters. The van der Waals surface area contributed by atoms with E-state index in [2.05, 4.69) is 11.1 Å². The van der Waals surface area contributed by atoms with Gasteiger partial charge < -0.3 is 9.88 Å². The van der Waals surface area contributed by atoms with E-state index in [0.29, 0.717) is 32.6 Å². The van der Waals surface area contributed by atoms with Crippen LogP contribution in [-0.2, 0) is 24.3 Å². The summed E-state index contributed by atoms with van der Waals surface area (Å²) in [6, 6.07) is 18.0. The second-order valence-electron chi connectivity index (χ2n) is 8.72. The van der Waals surface area contributed by atoms with Crippen LogP contribution in [0, 0.1) is 0 Å². The number of amides is 1. The Labute approximate surface area is 192 Å². The number of aromatic amines is 1. The predicted molar refractivity (Wildman–Crippen MR) is 128 cm³/mol. The van der Waals surface area contributed by atoms with Crippen LogP contribution in [0.2, 0.25) is 0 Å². The second kappa shape index (κ2) is 9.10. The molecule has 2 aromatic heterocycles. The van der Waals surface area contributed by atoms with Crippen LogP contribution in [0.4, 0.5) is 0 Å². The lowest BCUT2D eigenvalue weighted by atomic mass is 9.95. The molecule has 1 aliphatic rings. The first-order valence-electron chi connectivity index (χ1n) is 11.7. The molecule has 1 saturated heterocycles. The number of rotatable bonds is 6. The molecule has 4 aromatic rings. The lowest BCUT2D eigenvalue weighted by molar-refractivity contribution is -0.131. The van der Waals surface area contributed by atoms with Crippen molar-refractivity contribution in [3.63, 3.8) is 0 Å². The summed E-state index contributed by atoms with van der Waals surface area (Å²) in [5, 5.41) is 5.83. The van der Waals surface area contributed by atoms with Crippen molar-refractivity contribution in [3.05, 3.63) is 88.2 Å². The SMILES string of the molecule is CCn1c(C2CCN(C(=O)Cc3c[nH]c4ccccc34)CC2)nn(Cc2ccccc2)c1=O. The first kappa shape index (κ1) is 21.2. The van der Waals surface area contributed by atoms with E-state index in [-0.39, 0.29) is 17.5 Å². The lowest BCUT2D eigenvalue weighted by Gasteiger charge is -2.31. The molecule has 1 aliphatic heterocycles. The van der Waals surface area contributed by atoms with Crippen molar-refractivity contribution in [2.45, 2.75) is 45.2 Å². The monoisotopic (exact) mass is 443 g/mol. The molecule has 0 atom stereocenters. The van der Waals surface area contributed by atoms with Gasteiger partial charge in [0, 0.05) is 42.7 Å². The molecule has 0 bridgehead atoms. The average molecular weight is 444 g/mol. The van der Waals surface area contributed by atoms with Crippen molar-refractivity contribution in [2.24, 2.45) is 0 Å². The van der Waals surface area contributed by atoms with Crippen LogP contribution >= 0.6 is 0 Å². The summed E-state index contributed by atoms with van der Waals surface area (Å²) in [6.07, 6.45) is 3.98. The summed E-state index contributed by atoms with van der Waals surface area (Å²) >= 11 is 0. The Morgan fingerprint density at radius 1 is 1.06 bits per heavy atom. The molecule has 2 aromatic carbocycles. The number of para-hydroxylation sites is 1. The number of nitrogens with one attached hydrogen (secondary N) is 1. The fourth-order valence-corrected chi connectivity index (χ4v) is 4.86. The summed E-state index contributed by atoms with van der Waals surface area (Å²) in [5.74, 6) is 1.19.